The molecule has 152 valence electrons. The van der Waals surface area contributed by atoms with Crippen LogP contribution in [0.5, 0.6) is 5.75 Å². The summed E-state index contributed by atoms with van der Waals surface area (Å²) in [6.07, 6.45) is 0. The SMILES string of the molecule is COC(=O)[C@H](C)Sc1nc(-c2ccc(OC)cc2)nc2c1c(=O)n(C)c(=O)n2C. The number of rotatable bonds is 5. The third-order valence-corrected chi connectivity index (χ3v) is 5.50. The van der Waals surface area contributed by atoms with Crippen molar-refractivity contribution in [1.82, 2.24) is 19.1 Å². The summed E-state index contributed by atoms with van der Waals surface area (Å²) in [5, 5.41) is -0.133. The maximum absolute atomic E-state index is 12.8. The molecule has 2 heterocycles. The third kappa shape index (κ3) is 3.75. The number of aromatic nitrogens is 4. The number of hydrogen-bond acceptors (Lipinski definition) is 8. The summed E-state index contributed by atoms with van der Waals surface area (Å²) < 4.78 is 12.2. The number of fused-ring (bicyclic) bond motifs is 1. The van der Waals surface area contributed by atoms with Crippen LogP contribution in [0.15, 0.2) is 38.9 Å². The molecule has 3 rings (SSSR count). The number of methoxy groups -OCH3 is 2. The van der Waals surface area contributed by atoms with E-state index in [2.05, 4.69) is 9.97 Å². The van der Waals surface area contributed by atoms with Crippen LogP contribution in [-0.4, -0.2) is 44.5 Å². The minimum absolute atomic E-state index is 0.174. The van der Waals surface area contributed by atoms with Crippen LogP contribution in [0.25, 0.3) is 22.4 Å². The first-order valence-electron chi connectivity index (χ1n) is 8.65. The number of esters is 1. The van der Waals surface area contributed by atoms with Crippen LogP contribution in [-0.2, 0) is 23.6 Å². The molecule has 3 aromatic rings. The van der Waals surface area contributed by atoms with Gasteiger partial charge in [-0.3, -0.25) is 18.7 Å². The first-order chi connectivity index (χ1) is 13.8. The first kappa shape index (κ1) is 20.6. The van der Waals surface area contributed by atoms with Crippen molar-refractivity contribution in [3.8, 4) is 17.1 Å². The van der Waals surface area contributed by atoms with Crippen molar-refractivity contribution in [3.05, 3.63) is 45.1 Å². The topological polar surface area (TPSA) is 105 Å². The van der Waals surface area contributed by atoms with Crippen molar-refractivity contribution >= 4 is 28.8 Å². The van der Waals surface area contributed by atoms with Gasteiger partial charge in [-0.05, 0) is 31.2 Å². The van der Waals surface area contributed by atoms with Crippen molar-refractivity contribution in [1.29, 1.82) is 0 Å². The normalized spacial score (nSPS) is 12.0. The van der Waals surface area contributed by atoms with Crippen LogP contribution in [0.3, 0.4) is 0 Å². The molecule has 0 spiro atoms. The number of ether oxygens (including phenoxy) is 2. The summed E-state index contributed by atoms with van der Waals surface area (Å²) in [6, 6.07) is 7.07. The molecule has 0 saturated heterocycles. The van der Waals surface area contributed by atoms with Crippen molar-refractivity contribution in [2.45, 2.75) is 17.2 Å². The Bertz CT molecular complexity index is 1200. The Balaban J connectivity index is 2.30. The van der Waals surface area contributed by atoms with Crippen LogP contribution in [0, 0.1) is 0 Å². The zero-order valence-electron chi connectivity index (χ0n) is 16.6. The number of carbonyl (C=O) groups excluding carboxylic acids is 1. The lowest BCUT2D eigenvalue weighted by Crippen LogP contribution is -2.37. The number of hydrogen-bond donors (Lipinski definition) is 0. The second-order valence-corrected chi connectivity index (χ2v) is 7.60. The van der Waals surface area contributed by atoms with Crippen LogP contribution < -0.4 is 16.0 Å². The molecule has 0 bridgehead atoms. The van der Waals surface area contributed by atoms with E-state index in [0.717, 1.165) is 16.3 Å². The molecule has 0 amide bonds. The molecule has 0 aliphatic heterocycles. The lowest BCUT2D eigenvalue weighted by atomic mass is 10.2. The van der Waals surface area contributed by atoms with Gasteiger partial charge in [-0.2, -0.15) is 0 Å². The molecule has 9 nitrogen and oxygen atoms in total. The van der Waals surface area contributed by atoms with E-state index in [4.69, 9.17) is 9.47 Å². The van der Waals surface area contributed by atoms with Crippen LogP contribution in [0.1, 0.15) is 6.92 Å². The molecule has 10 heteroatoms. The Hall–Kier alpha value is -3.14. The fourth-order valence-corrected chi connectivity index (χ4v) is 3.73. The van der Waals surface area contributed by atoms with Gasteiger partial charge in [0.1, 0.15) is 21.4 Å². The predicted molar refractivity (Wildman–Crippen MR) is 109 cm³/mol. The predicted octanol–water partition coefficient (Wildman–Crippen LogP) is 1.36. The Morgan fingerprint density at radius 2 is 1.72 bits per heavy atom. The maximum atomic E-state index is 12.8. The second-order valence-electron chi connectivity index (χ2n) is 6.27. The van der Waals surface area contributed by atoms with E-state index >= 15 is 0 Å². The molecule has 0 fully saturated rings. The molecular weight excluding hydrogens is 396 g/mol. The molecular formula is C19H20N4O5S. The molecule has 1 atom stereocenters. The Morgan fingerprint density at radius 1 is 1.07 bits per heavy atom. The molecule has 0 saturated carbocycles. The van der Waals surface area contributed by atoms with Gasteiger partial charge in [0.2, 0.25) is 0 Å². The van der Waals surface area contributed by atoms with Gasteiger partial charge in [-0.15, -0.1) is 0 Å². The van der Waals surface area contributed by atoms with Crippen molar-refractivity contribution in [2.75, 3.05) is 14.2 Å². The largest absolute Gasteiger partial charge is 0.497 e. The molecule has 0 aliphatic rings. The Labute approximate surface area is 170 Å². The summed E-state index contributed by atoms with van der Waals surface area (Å²) in [6.45, 7) is 1.66. The fourth-order valence-electron chi connectivity index (χ4n) is 2.76. The van der Waals surface area contributed by atoms with Gasteiger partial charge >= 0.3 is 11.7 Å². The average Bonchev–Trinajstić information content (AvgIpc) is 2.75. The third-order valence-electron chi connectivity index (χ3n) is 4.44. The lowest BCUT2D eigenvalue weighted by molar-refractivity contribution is -0.139. The maximum Gasteiger partial charge on any atom is 0.332 e. The van der Waals surface area contributed by atoms with E-state index in [9.17, 15) is 14.4 Å². The molecule has 1 aromatic carbocycles. The van der Waals surface area contributed by atoms with Crippen LogP contribution >= 0.6 is 11.8 Å². The van der Waals surface area contributed by atoms with Crippen LogP contribution in [0.4, 0.5) is 0 Å². The van der Waals surface area contributed by atoms with Crippen molar-refractivity contribution < 1.29 is 14.3 Å². The fraction of sp³-hybridized carbons (Fsp3) is 0.316. The molecule has 0 radical (unpaired) electrons. The molecule has 0 N–H and O–H groups in total. The van der Waals surface area contributed by atoms with Gasteiger partial charge < -0.3 is 9.47 Å². The summed E-state index contributed by atoms with van der Waals surface area (Å²) in [5.41, 5.74) is -0.158. The average molecular weight is 416 g/mol. The minimum Gasteiger partial charge on any atom is -0.497 e. The van der Waals surface area contributed by atoms with Gasteiger partial charge in [0, 0.05) is 19.7 Å². The van der Waals surface area contributed by atoms with Crippen molar-refractivity contribution in [2.24, 2.45) is 14.1 Å². The van der Waals surface area contributed by atoms with E-state index in [0.29, 0.717) is 22.2 Å². The van der Waals surface area contributed by atoms with Gasteiger partial charge in [0.05, 0.1) is 14.2 Å². The number of benzene rings is 1. The van der Waals surface area contributed by atoms with E-state index in [1.54, 1.807) is 38.3 Å². The number of aryl methyl sites for hydroxylation is 1. The van der Waals surface area contributed by atoms with Gasteiger partial charge in [0.25, 0.3) is 5.56 Å². The second kappa shape index (κ2) is 8.08. The number of thioether (sulfide) groups is 1. The zero-order valence-corrected chi connectivity index (χ0v) is 17.4. The highest BCUT2D eigenvalue weighted by Crippen LogP contribution is 2.29. The van der Waals surface area contributed by atoms with Gasteiger partial charge in [-0.25, -0.2) is 14.8 Å². The quantitative estimate of drug-likeness (QED) is 0.349. The van der Waals surface area contributed by atoms with E-state index in [-0.39, 0.29) is 11.0 Å². The molecule has 29 heavy (non-hydrogen) atoms. The van der Waals surface area contributed by atoms with Crippen molar-refractivity contribution in [3.63, 3.8) is 0 Å². The zero-order chi connectivity index (χ0) is 21.3. The van der Waals surface area contributed by atoms with Gasteiger partial charge in [-0.1, -0.05) is 11.8 Å². The summed E-state index contributed by atoms with van der Waals surface area (Å²) in [4.78, 5) is 46.1. The Kier molecular flexibility index (Phi) is 5.73. The standard InChI is InChI=1S/C19H20N4O5S/c1-10(18(25)28-5)29-16-13-15(22(2)19(26)23(3)17(13)24)20-14(21-16)11-6-8-12(27-4)9-7-11/h6-10H,1-5H3/t10-/m0/s1. The van der Waals surface area contributed by atoms with Gasteiger partial charge in [0.15, 0.2) is 11.5 Å². The monoisotopic (exact) mass is 416 g/mol. The highest BCUT2D eigenvalue weighted by Gasteiger charge is 2.22. The van der Waals surface area contributed by atoms with Crippen LogP contribution in [0.2, 0.25) is 0 Å². The van der Waals surface area contributed by atoms with E-state index in [1.165, 1.54) is 25.8 Å². The highest BCUT2D eigenvalue weighted by atomic mass is 32.2. The summed E-state index contributed by atoms with van der Waals surface area (Å²) in [5.74, 6) is 0.544. The smallest absolute Gasteiger partial charge is 0.332 e. The first-order valence-corrected chi connectivity index (χ1v) is 9.53. The van der Waals surface area contributed by atoms with E-state index < -0.39 is 22.5 Å². The lowest BCUT2D eigenvalue weighted by Gasteiger charge is -2.14. The molecule has 0 unspecified atom stereocenters. The highest BCUT2D eigenvalue weighted by molar-refractivity contribution is 8.00. The Morgan fingerprint density at radius 3 is 2.31 bits per heavy atom. The summed E-state index contributed by atoms with van der Waals surface area (Å²) >= 11 is 1.08. The molecule has 2 aromatic heterocycles. The number of carbonyl (C=O) groups is 1. The summed E-state index contributed by atoms with van der Waals surface area (Å²) in [7, 11) is 5.78. The minimum atomic E-state index is -0.608. The molecule has 0 aliphatic carbocycles. The van der Waals surface area contributed by atoms with E-state index in [1.807, 2.05) is 0 Å². The number of nitrogens with zero attached hydrogens (tertiary/aromatic N) is 4.